The Morgan fingerprint density at radius 2 is 2.00 bits per heavy atom. The average Bonchev–Trinajstić information content (AvgIpc) is 3.15. The van der Waals surface area contributed by atoms with Gasteiger partial charge in [-0.05, 0) is 37.7 Å². The second kappa shape index (κ2) is 7.42. The summed E-state index contributed by atoms with van der Waals surface area (Å²) in [6, 6.07) is 3.16. The Balaban J connectivity index is 1.43. The van der Waals surface area contributed by atoms with E-state index in [4.69, 9.17) is 4.74 Å². The molecule has 0 aromatic carbocycles. The van der Waals surface area contributed by atoms with Gasteiger partial charge in [-0.15, -0.1) is 0 Å². The molecule has 0 atom stereocenters. The number of pyridine rings is 1. The normalized spacial score (nSPS) is 18.8. The van der Waals surface area contributed by atoms with E-state index in [1.54, 1.807) is 6.07 Å². The van der Waals surface area contributed by atoms with Crippen molar-refractivity contribution in [3.63, 3.8) is 0 Å². The van der Waals surface area contributed by atoms with E-state index in [-0.39, 0.29) is 17.6 Å². The number of carbonyl (C=O) groups is 1. The molecule has 1 aromatic rings. The van der Waals surface area contributed by atoms with Crippen molar-refractivity contribution in [2.24, 2.45) is 11.8 Å². The highest BCUT2D eigenvalue weighted by Crippen LogP contribution is 2.24. The van der Waals surface area contributed by atoms with Gasteiger partial charge in [0.05, 0.1) is 17.4 Å². The number of nitro groups is 1. The van der Waals surface area contributed by atoms with Crippen molar-refractivity contribution in [2.45, 2.75) is 25.7 Å². The fraction of sp³-hybridized carbons (Fsp3) is 0.529. The van der Waals surface area contributed by atoms with Gasteiger partial charge in [0.2, 0.25) is 0 Å². The van der Waals surface area contributed by atoms with Gasteiger partial charge in [0, 0.05) is 19.2 Å². The summed E-state index contributed by atoms with van der Waals surface area (Å²) in [4.78, 5) is 28.4. The molecule has 7 heteroatoms. The molecular weight excluding hydrogens is 310 g/mol. The van der Waals surface area contributed by atoms with Crippen LogP contribution in [0.15, 0.2) is 30.5 Å². The minimum Gasteiger partial charge on any atom is -0.465 e. The molecule has 0 radical (unpaired) electrons. The number of hydrogen-bond acceptors (Lipinski definition) is 6. The van der Waals surface area contributed by atoms with Gasteiger partial charge in [0.25, 0.3) is 5.69 Å². The molecule has 7 nitrogen and oxygen atoms in total. The number of carbonyl (C=O) groups excluding carboxylic acids is 1. The lowest BCUT2D eigenvalue weighted by molar-refractivity contribution is -0.385. The van der Waals surface area contributed by atoms with Gasteiger partial charge in [-0.25, -0.2) is 4.98 Å². The quantitative estimate of drug-likeness (QED) is 0.357. The van der Waals surface area contributed by atoms with Crippen LogP contribution >= 0.6 is 0 Å². The molecular formula is C17H21N3O4. The summed E-state index contributed by atoms with van der Waals surface area (Å²) in [5.74, 6) is 1.06. The lowest BCUT2D eigenvalue weighted by atomic mass is 9.97. The van der Waals surface area contributed by atoms with Crippen LogP contribution in [0.4, 0.5) is 11.5 Å². The number of aromatic nitrogens is 1. The Morgan fingerprint density at radius 3 is 2.58 bits per heavy atom. The van der Waals surface area contributed by atoms with Gasteiger partial charge < -0.3 is 9.64 Å². The monoisotopic (exact) mass is 331 g/mol. The third kappa shape index (κ3) is 3.90. The summed E-state index contributed by atoms with van der Waals surface area (Å²) in [6.45, 7) is 2.12. The standard InChI is InChI=1S/C17H21N3O4/c21-17(14-3-1-2-4-14)24-12-13-7-9-19(10-8-13)16-6-5-15(11-18-16)20(22)23/h1-2,5-6,11,13-14H,3-4,7-10,12H2. The first-order chi connectivity index (χ1) is 11.6. The molecule has 0 spiro atoms. The van der Waals surface area contributed by atoms with E-state index >= 15 is 0 Å². The van der Waals surface area contributed by atoms with E-state index in [0.29, 0.717) is 12.5 Å². The van der Waals surface area contributed by atoms with E-state index < -0.39 is 4.92 Å². The molecule has 1 aliphatic heterocycles. The van der Waals surface area contributed by atoms with E-state index in [1.165, 1.54) is 12.3 Å². The van der Waals surface area contributed by atoms with Crippen molar-refractivity contribution in [1.29, 1.82) is 0 Å². The first kappa shape index (κ1) is 16.4. The lowest BCUT2D eigenvalue weighted by Gasteiger charge is -2.32. The number of ether oxygens (including phenoxy) is 1. The van der Waals surface area contributed by atoms with Gasteiger partial charge in [-0.3, -0.25) is 14.9 Å². The number of rotatable bonds is 5. The predicted octanol–water partition coefficient (Wildman–Crippen LogP) is 2.72. The first-order valence-electron chi connectivity index (χ1n) is 8.30. The maximum Gasteiger partial charge on any atom is 0.309 e. The van der Waals surface area contributed by atoms with Crippen LogP contribution in [0, 0.1) is 22.0 Å². The smallest absolute Gasteiger partial charge is 0.309 e. The summed E-state index contributed by atoms with van der Waals surface area (Å²) in [5.41, 5.74) is 0.00181. The van der Waals surface area contributed by atoms with Gasteiger partial charge >= 0.3 is 5.97 Å². The molecule has 1 aliphatic carbocycles. The minimum absolute atomic E-state index is 0.00181. The SMILES string of the molecule is O=C(OCC1CCN(c2ccc([N+](=O)[O-])cn2)CC1)C1CC=CC1. The number of hydrogen-bond donors (Lipinski definition) is 0. The largest absolute Gasteiger partial charge is 0.465 e. The van der Waals surface area contributed by atoms with E-state index in [1.807, 2.05) is 12.2 Å². The number of esters is 1. The van der Waals surface area contributed by atoms with Crippen LogP contribution in [0.5, 0.6) is 0 Å². The second-order valence-corrected chi connectivity index (χ2v) is 6.33. The fourth-order valence-corrected chi connectivity index (χ4v) is 3.13. The molecule has 128 valence electrons. The molecule has 1 aromatic heterocycles. The minimum atomic E-state index is -0.447. The average molecular weight is 331 g/mol. The highest BCUT2D eigenvalue weighted by atomic mass is 16.6. The molecule has 0 unspecified atom stereocenters. The van der Waals surface area contributed by atoms with Crippen LogP contribution in [0.1, 0.15) is 25.7 Å². The summed E-state index contributed by atoms with van der Waals surface area (Å²) in [6.07, 6.45) is 8.79. The predicted molar refractivity (Wildman–Crippen MR) is 88.7 cm³/mol. The highest BCUT2D eigenvalue weighted by Gasteiger charge is 2.25. The van der Waals surface area contributed by atoms with Crippen LogP contribution in [0.25, 0.3) is 0 Å². The van der Waals surface area contributed by atoms with Crippen molar-refractivity contribution in [3.05, 3.63) is 40.6 Å². The van der Waals surface area contributed by atoms with Crippen molar-refractivity contribution in [2.75, 3.05) is 24.6 Å². The topological polar surface area (TPSA) is 85.6 Å². The van der Waals surface area contributed by atoms with E-state index in [2.05, 4.69) is 9.88 Å². The summed E-state index contributed by atoms with van der Waals surface area (Å²) in [7, 11) is 0. The van der Waals surface area contributed by atoms with Crippen molar-refractivity contribution >= 4 is 17.5 Å². The molecule has 0 amide bonds. The third-order valence-corrected chi connectivity index (χ3v) is 4.68. The zero-order valence-electron chi connectivity index (χ0n) is 13.5. The fourth-order valence-electron chi connectivity index (χ4n) is 3.13. The lowest BCUT2D eigenvalue weighted by Crippen LogP contribution is -2.36. The van der Waals surface area contributed by atoms with Crippen molar-refractivity contribution in [1.82, 2.24) is 4.98 Å². The Bertz CT molecular complexity index is 613. The maximum atomic E-state index is 11.9. The van der Waals surface area contributed by atoms with Gasteiger partial charge in [0.1, 0.15) is 12.0 Å². The van der Waals surface area contributed by atoms with Gasteiger partial charge in [-0.2, -0.15) is 0 Å². The molecule has 1 fully saturated rings. The summed E-state index contributed by atoms with van der Waals surface area (Å²) < 4.78 is 5.46. The van der Waals surface area contributed by atoms with Crippen molar-refractivity contribution in [3.8, 4) is 0 Å². The van der Waals surface area contributed by atoms with Crippen LogP contribution in [-0.2, 0) is 9.53 Å². The Labute approximate surface area is 140 Å². The Hall–Kier alpha value is -2.44. The van der Waals surface area contributed by atoms with Crippen LogP contribution in [0.2, 0.25) is 0 Å². The van der Waals surface area contributed by atoms with E-state index in [0.717, 1.165) is 44.6 Å². The molecule has 1 saturated heterocycles. The Morgan fingerprint density at radius 1 is 1.29 bits per heavy atom. The van der Waals surface area contributed by atoms with Crippen LogP contribution in [0.3, 0.4) is 0 Å². The molecule has 3 rings (SSSR count). The maximum absolute atomic E-state index is 11.9. The third-order valence-electron chi connectivity index (χ3n) is 4.68. The van der Waals surface area contributed by atoms with Gasteiger partial charge in [-0.1, -0.05) is 12.2 Å². The van der Waals surface area contributed by atoms with Crippen LogP contribution < -0.4 is 4.90 Å². The molecule has 0 bridgehead atoms. The zero-order valence-corrected chi connectivity index (χ0v) is 13.5. The second-order valence-electron chi connectivity index (χ2n) is 6.33. The van der Waals surface area contributed by atoms with E-state index in [9.17, 15) is 14.9 Å². The highest BCUT2D eigenvalue weighted by molar-refractivity contribution is 5.73. The number of nitrogens with zero attached hydrogens (tertiary/aromatic N) is 3. The summed E-state index contributed by atoms with van der Waals surface area (Å²) in [5, 5.41) is 10.7. The number of piperidine rings is 1. The molecule has 0 saturated carbocycles. The number of allylic oxidation sites excluding steroid dienone is 2. The van der Waals surface area contributed by atoms with Crippen molar-refractivity contribution < 1.29 is 14.5 Å². The van der Waals surface area contributed by atoms with Crippen LogP contribution in [-0.4, -0.2) is 35.6 Å². The van der Waals surface area contributed by atoms with Gasteiger partial charge in [0.15, 0.2) is 0 Å². The zero-order chi connectivity index (χ0) is 16.9. The first-order valence-corrected chi connectivity index (χ1v) is 8.30. The molecule has 2 aliphatic rings. The summed E-state index contributed by atoms with van der Waals surface area (Å²) >= 11 is 0. The Kier molecular flexibility index (Phi) is 5.08. The molecule has 24 heavy (non-hydrogen) atoms. The number of anilines is 1. The molecule has 2 heterocycles. The molecule has 0 N–H and O–H groups in total.